The summed E-state index contributed by atoms with van der Waals surface area (Å²) in [5, 5.41) is 13.5. The first-order valence-corrected chi connectivity index (χ1v) is 7.47. The topological polar surface area (TPSA) is 45.1 Å². The van der Waals surface area contributed by atoms with Crippen molar-refractivity contribution in [3.05, 3.63) is 58.2 Å². The van der Waals surface area contributed by atoms with Crippen molar-refractivity contribution < 1.29 is 5.11 Å². The lowest BCUT2D eigenvalue weighted by molar-refractivity contribution is 0.162. The van der Waals surface area contributed by atoms with Gasteiger partial charge in [-0.15, -0.1) is 0 Å². The second-order valence-corrected chi connectivity index (χ2v) is 5.88. The molecule has 0 bridgehead atoms. The van der Waals surface area contributed by atoms with E-state index in [4.69, 9.17) is 0 Å². The van der Waals surface area contributed by atoms with Crippen molar-refractivity contribution >= 4 is 21.7 Å². The number of aromatic nitrogens is 1. The van der Waals surface area contributed by atoms with E-state index in [0.717, 1.165) is 21.4 Å². The summed E-state index contributed by atoms with van der Waals surface area (Å²) in [6.07, 6.45) is 1.97. The molecule has 0 radical (unpaired) electrons. The number of aryl methyl sites for hydroxylation is 1. The van der Waals surface area contributed by atoms with Gasteiger partial charge in [-0.2, -0.15) is 0 Å². The number of nitrogens with one attached hydrogen (secondary N) is 1. The van der Waals surface area contributed by atoms with Gasteiger partial charge in [-0.25, -0.2) is 4.98 Å². The fraction of sp³-hybridized carbons (Fsp3) is 0.312. The molecule has 2 unspecified atom stereocenters. The number of hydrogen-bond donors (Lipinski definition) is 2. The van der Waals surface area contributed by atoms with Gasteiger partial charge in [0.05, 0.1) is 6.10 Å². The minimum atomic E-state index is -0.463. The van der Waals surface area contributed by atoms with Crippen molar-refractivity contribution in [3.63, 3.8) is 0 Å². The molecule has 0 aliphatic rings. The summed E-state index contributed by atoms with van der Waals surface area (Å²) in [6.45, 7) is 4.08. The number of halogens is 1. The number of pyridine rings is 1. The number of anilines is 1. The van der Waals surface area contributed by atoms with Crippen LogP contribution in [0.15, 0.2) is 47.1 Å². The van der Waals surface area contributed by atoms with Gasteiger partial charge in [-0.05, 0) is 53.4 Å². The molecule has 2 aromatic rings. The maximum atomic E-state index is 10.2. The van der Waals surface area contributed by atoms with E-state index in [1.54, 1.807) is 6.20 Å². The first-order chi connectivity index (χ1) is 9.56. The number of rotatable bonds is 5. The molecule has 1 heterocycles. The molecule has 2 rings (SSSR count). The lowest BCUT2D eigenvalue weighted by Crippen LogP contribution is -2.19. The third-order valence-corrected chi connectivity index (χ3v) is 4.03. The van der Waals surface area contributed by atoms with E-state index in [1.165, 1.54) is 0 Å². The van der Waals surface area contributed by atoms with Crippen LogP contribution in [-0.2, 0) is 0 Å². The predicted molar refractivity (Wildman–Crippen MR) is 85.8 cm³/mol. The van der Waals surface area contributed by atoms with Gasteiger partial charge in [-0.1, -0.05) is 30.3 Å². The van der Waals surface area contributed by atoms with Gasteiger partial charge < -0.3 is 10.4 Å². The van der Waals surface area contributed by atoms with Crippen molar-refractivity contribution in [2.24, 2.45) is 0 Å². The summed E-state index contributed by atoms with van der Waals surface area (Å²) in [7, 11) is 0. The largest absolute Gasteiger partial charge is 0.388 e. The lowest BCUT2D eigenvalue weighted by Gasteiger charge is -2.19. The van der Waals surface area contributed by atoms with Crippen LogP contribution < -0.4 is 5.32 Å². The van der Waals surface area contributed by atoms with E-state index >= 15 is 0 Å². The maximum Gasteiger partial charge on any atom is 0.126 e. The second-order valence-electron chi connectivity index (χ2n) is 5.03. The minimum absolute atomic E-state index is 0.137. The maximum absolute atomic E-state index is 10.2. The Labute approximate surface area is 128 Å². The van der Waals surface area contributed by atoms with E-state index in [-0.39, 0.29) is 6.04 Å². The molecule has 1 aromatic carbocycles. The van der Waals surface area contributed by atoms with E-state index in [2.05, 4.69) is 26.2 Å². The van der Waals surface area contributed by atoms with Crippen molar-refractivity contribution in [1.29, 1.82) is 0 Å². The van der Waals surface area contributed by atoms with Gasteiger partial charge in [-0.3, -0.25) is 0 Å². The Balaban J connectivity index is 1.95. The Kier molecular flexibility index (Phi) is 5.15. The van der Waals surface area contributed by atoms with E-state index < -0.39 is 6.10 Å². The summed E-state index contributed by atoms with van der Waals surface area (Å²) in [5.41, 5.74) is 2.08. The average molecular weight is 335 g/mol. The predicted octanol–water partition coefficient (Wildman–Crippen LogP) is 4.08. The highest BCUT2D eigenvalue weighted by Crippen LogP contribution is 2.21. The average Bonchev–Trinajstić information content (AvgIpc) is 2.44. The van der Waals surface area contributed by atoms with Gasteiger partial charge in [0, 0.05) is 16.7 Å². The number of benzene rings is 1. The lowest BCUT2D eigenvalue weighted by atomic mass is 10.0. The van der Waals surface area contributed by atoms with E-state index in [1.807, 2.05) is 50.2 Å². The zero-order chi connectivity index (χ0) is 14.5. The Morgan fingerprint density at radius 1 is 1.30 bits per heavy atom. The number of aliphatic hydroxyl groups excluding tert-OH is 1. The van der Waals surface area contributed by atoms with Crippen LogP contribution in [0, 0.1) is 6.92 Å². The van der Waals surface area contributed by atoms with Crippen molar-refractivity contribution in [2.75, 3.05) is 5.32 Å². The fourth-order valence-electron chi connectivity index (χ4n) is 2.08. The molecule has 3 nitrogen and oxygen atoms in total. The molecule has 2 N–H and O–H groups in total. The molecule has 0 amide bonds. The van der Waals surface area contributed by atoms with Crippen LogP contribution in [0.25, 0.3) is 0 Å². The molecule has 0 saturated heterocycles. The van der Waals surface area contributed by atoms with Crippen LogP contribution >= 0.6 is 15.9 Å². The normalized spacial score (nSPS) is 13.8. The monoisotopic (exact) mass is 334 g/mol. The Morgan fingerprint density at radius 3 is 2.65 bits per heavy atom. The summed E-state index contributed by atoms with van der Waals surface area (Å²) in [5.74, 6) is 0.832. The van der Waals surface area contributed by atoms with Gasteiger partial charge in [0.1, 0.15) is 5.82 Å². The van der Waals surface area contributed by atoms with Gasteiger partial charge in [0.25, 0.3) is 0 Å². The van der Waals surface area contributed by atoms with Gasteiger partial charge in [0.2, 0.25) is 0 Å². The Bertz CT molecular complexity index is 560. The van der Waals surface area contributed by atoms with Crippen molar-refractivity contribution in [1.82, 2.24) is 4.98 Å². The molecular formula is C16H19BrN2O. The molecule has 0 aliphatic heterocycles. The fourth-order valence-corrected chi connectivity index (χ4v) is 2.29. The molecule has 0 fully saturated rings. The van der Waals surface area contributed by atoms with Crippen LogP contribution in [0.4, 0.5) is 5.82 Å². The molecular weight excluding hydrogens is 316 g/mol. The quantitative estimate of drug-likeness (QED) is 0.866. The van der Waals surface area contributed by atoms with Crippen molar-refractivity contribution in [3.8, 4) is 0 Å². The molecule has 0 saturated carbocycles. The number of aliphatic hydroxyl groups is 1. The summed E-state index contributed by atoms with van der Waals surface area (Å²) in [4.78, 5) is 4.32. The highest BCUT2D eigenvalue weighted by Gasteiger charge is 2.12. The van der Waals surface area contributed by atoms with Crippen LogP contribution in [-0.4, -0.2) is 16.1 Å². The van der Waals surface area contributed by atoms with Crippen molar-refractivity contribution in [2.45, 2.75) is 32.4 Å². The zero-order valence-electron chi connectivity index (χ0n) is 11.7. The highest BCUT2D eigenvalue weighted by atomic mass is 79.9. The first-order valence-electron chi connectivity index (χ1n) is 6.68. The summed E-state index contributed by atoms with van der Waals surface area (Å²) >= 11 is 3.44. The van der Waals surface area contributed by atoms with Crippen LogP contribution in [0.5, 0.6) is 0 Å². The SMILES string of the molecule is Cc1cc(NC(C)CC(O)c2ccccc2)ncc1Br. The van der Waals surface area contributed by atoms with E-state index in [9.17, 15) is 5.11 Å². The van der Waals surface area contributed by atoms with E-state index in [0.29, 0.717) is 6.42 Å². The standard InChI is InChI=1S/C16H19BrN2O/c1-11-8-16(18-10-14(11)17)19-12(2)9-15(20)13-6-4-3-5-7-13/h3-8,10,12,15,20H,9H2,1-2H3,(H,18,19). The number of nitrogens with zero attached hydrogens (tertiary/aromatic N) is 1. The second kappa shape index (κ2) is 6.86. The van der Waals surface area contributed by atoms with Crippen LogP contribution in [0.2, 0.25) is 0 Å². The zero-order valence-corrected chi connectivity index (χ0v) is 13.3. The van der Waals surface area contributed by atoms with Crippen LogP contribution in [0.3, 0.4) is 0 Å². The highest BCUT2D eigenvalue weighted by molar-refractivity contribution is 9.10. The smallest absolute Gasteiger partial charge is 0.126 e. The molecule has 2 atom stereocenters. The third kappa shape index (κ3) is 4.05. The molecule has 4 heteroatoms. The van der Waals surface area contributed by atoms with Gasteiger partial charge in [0.15, 0.2) is 0 Å². The summed E-state index contributed by atoms with van der Waals surface area (Å²) in [6, 6.07) is 11.9. The van der Waals surface area contributed by atoms with Gasteiger partial charge >= 0.3 is 0 Å². The number of hydrogen-bond acceptors (Lipinski definition) is 3. The Morgan fingerprint density at radius 2 is 2.00 bits per heavy atom. The molecule has 106 valence electrons. The summed E-state index contributed by atoms with van der Waals surface area (Å²) < 4.78 is 1.00. The molecule has 0 spiro atoms. The third-order valence-electron chi connectivity index (χ3n) is 3.20. The molecule has 0 aliphatic carbocycles. The molecule has 1 aromatic heterocycles. The first kappa shape index (κ1) is 15.0. The van der Waals surface area contributed by atoms with Crippen LogP contribution in [0.1, 0.15) is 30.6 Å². The minimum Gasteiger partial charge on any atom is -0.388 e. The molecule has 20 heavy (non-hydrogen) atoms. The Hall–Kier alpha value is -1.39.